The van der Waals surface area contributed by atoms with Crippen LogP contribution in [0, 0.1) is 5.41 Å². The summed E-state index contributed by atoms with van der Waals surface area (Å²) >= 11 is 0. The fraction of sp³-hybridized carbons (Fsp3) is 0.444. The molecule has 1 N–H and O–H groups in total. The topological polar surface area (TPSA) is 37.3 Å². The molecule has 0 saturated carbocycles. The van der Waals surface area contributed by atoms with Crippen LogP contribution in [0.4, 0.5) is 0 Å². The average molecular weight is 154 g/mol. The highest BCUT2D eigenvalue weighted by molar-refractivity contribution is 5.76. The van der Waals surface area contributed by atoms with Gasteiger partial charge >= 0.3 is 5.97 Å². The van der Waals surface area contributed by atoms with Crippen LogP contribution in [0.15, 0.2) is 24.8 Å². The fourth-order valence-electron chi connectivity index (χ4n) is 0.894. The Morgan fingerprint density at radius 3 is 2.55 bits per heavy atom. The summed E-state index contributed by atoms with van der Waals surface area (Å²) in [6.07, 6.45) is 5.51. The van der Waals surface area contributed by atoms with Crippen molar-refractivity contribution >= 4 is 5.97 Å². The number of rotatable bonds is 4. The first-order chi connectivity index (χ1) is 5.06. The zero-order chi connectivity index (χ0) is 8.91. The first kappa shape index (κ1) is 9.95. The molecule has 2 heteroatoms. The molecule has 0 aromatic rings. The Labute approximate surface area is 67.2 Å². The van der Waals surface area contributed by atoms with Crippen molar-refractivity contribution in [1.82, 2.24) is 0 Å². The number of aliphatic carboxylic acids is 1. The van der Waals surface area contributed by atoms with Crippen LogP contribution < -0.4 is 0 Å². The summed E-state index contributed by atoms with van der Waals surface area (Å²) < 4.78 is 0. The highest BCUT2D eigenvalue weighted by Crippen LogP contribution is 2.23. The molecule has 0 aliphatic heterocycles. The van der Waals surface area contributed by atoms with Crippen molar-refractivity contribution in [1.29, 1.82) is 0 Å². The van der Waals surface area contributed by atoms with Gasteiger partial charge in [0.15, 0.2) is 0 Å². The van der Waals surface area contributed by atoms with Gasteiger partial charge in [-0.15, -0.1) is 6.58 Å². The van der Waals surface area contributed by atoms with Crippen molar-refractivity contribution in [3.63, 3.8) is 0 Å². The second-order valence-corrected chi connectivity index (χ2v) is 2.72. The third-order valence-corrected chi connectivity index (χ3v) is 1.59. The normalized spacial score (nSPS) is 16.2. The Kier molecular flexibility index (Phi) is 3.58. The summed E-state index contributed by atoms with van der Waals surface area (Å²) in [5.74, 6) is -0.810. The molecule has 0 aliphatic rings. The van der Waals surface area contributed by atoms with E-state index >= 15 is 0 Å². The first-order valence-electron chi connectivity index (χ1n) is 3.55. The molecule has 0 aromatic heterocycles. The fourth-order valence-corrected chi connectivity index (χ4v) is 0.894. The summed E-state index contributed by atoms with van der Waals surface area (Å²) in [5, 5.41) is 8.80. The number of hydrogen-bond acceptors (Lipinski definition) is 1. The minimum atomic E-state index is -0.810. The van der Waals surface area contributed by atoms with E-state index in [4.69, 9.17) is 5.11 Å². The first-order valence-corrected chi connectivity index (χ1v) is 3.55. The zero-order valence-corrected chi connectivity index (χ0v) is 7.00. The molecule has 0 radical (unpaired) electrons. The van der Waals surface area contributed by atoms with Crippen LogP contribution in [0.5, 0.6) is 0 Å². The molecule has 0 rings (SSSR count). The molecule has 1 unspecified atom stereocenters. The van der Waals surface area contributed by atoms with Gasteiger partial charge in [-0.25, -0.2) is 0 Å². The molecule has 0 spiro atoms. The summed E-state index contributed by atoms with van der Waals surface area (Å²) in [7, 11) is 0. The van der Waals surface area contributed by atoms with Gasteiger partial charge in [-0.05, 0) is 20.3 Å². The molecule has 0 aromatic carbocycles. The number of carboxylic acid groups (broad SMARTS) is 1. The lowest BCUT2D eigenvalue weighted by atomic mass is 9.87. The smallest absolute Gasteiger partial charge is 0.313 e. The van der Waals surface area contributed by atoms with Crippen LogP contribution in [-0.4, -0.2) is 11.1 Å². The summed E-state index contributed by atoms with van der Waals surface area (Å²) in [5.41, 5.74) is -0.781. The van der Waals surface area contributed by atoms with E-state index in [1.165, 1.54) is 0 Å². The van der Waals surface area contributed by atoms with Gasteiger partial charge in [0.05, 0.1) is 5.41 Å². The number of hydrogen-bond donors (Lipinski definition) is 1. The average Bonchev–Trinajstić information content (AvgIpc) is 1.88. The predicted molar refractivity (Wildman–Crippen MR) is 45.4 cm³/mol. The molecule has 0 aliphatic carbocycles. The van der Waals surface area contributed by atoms with Crippen molar-refractivity contribution in [3.8, 4) is 0 Å². The van der Waals surface area contributed by atoms with E-state index in [1.54, 1.807) is 25.2 Å². The molecule has 11 heavy (non-hydrogen) atoms. The molecular formula is C9H14O2. The van der Waals surface area contributed by atoms with Crippen LogP contribution in [0.1, 0.15) is 20.3 Å². The Balaban J connectivity index is 4.50. The number of carboxylic acids is 1. The quantitative estimate of drug-likeness (QED) is 0.630. The molecular weight excluding hydrogens is 140 g/mol. The minimum absolute atomic E-state index is 0.465. The lowest BCUT2D eigenvalue weighted by Gasteiger charge is -2.17. The second-order valence-electron chi connectivity index (χ2n) is 2.72. The van der Waals surface area contributed by atoms with E-state index < -0.39 is 11.4 Å². The number of allylic oxidation sites excluding steroid dienone is 2. The van der Waals surface area contributed by atoms with E-state index in [0.29, 0.717) is 6.42 Å². The Morgan fingerprint density at radius 1 is 1.73 bits per heavy atom. The third kappa shape index (κ3) is 2.58. The molecule has 0 fully saturated rings. The molecule has 62 valence electrons. The highest BCUT2D eigenvalue weighted by Gasteiger charge is 2.27. The van der Waals surface area contributed by atoms with Crippen molar-refractivity contribution in [2.75, 3.05) is 0 Å². The molecule has 0 heterocycles. The summed E-state index contributed by atoms with van der Waals surface area (Å²) in [6.45, 7) is 7.00. The van der Waals surface area contributed by atoms with E-state index in [0.717, 1.165) is 0 Å². The predicted octanol–water partition coefficient (Wildman–Crippen LogP) is 2.23. The zero-order valence-electron chi connectivity index (χ0n) is 7.00. The maximum atomic E-state index is 10.7. The minimum Gasteiger partial charge on any atom is -0.481 e. The van der Waals surface area contributed by atoms with Crippen LogP contribution in [0.25, 0.3) is 0 Å². The largest absolute Gasteiger partial charge is 0.481 e. The Bertz CT molecular complexity index is 182. The van der Waals surface area contributed by atoms with E-state index in [-0.39, 0.29) is 0 Å². The Morgan fingerprint density at radius 2 is 2.27 bits per heavy atom. The van der Waals surface area contributed by atoms with Gasteiger partial charge in [0.25, 0.3) is 0 Å². The van der Waals surface area contributed by atoms with Crippen molar-refractivity contribution in [3.05, 3.63) is 24.8 Å². The lowest BCUT2D eigenvalue weighted by Crippen LogP contribution is -2.24. The van der Waals surface area contributed by atoms with E-state index in [9.17, 15) is 4.79 Å². The molecule has 0 saturated heterocycles. The van der Waals surface area contributed by atoms with Gasteiger partial charge in [0.1, 0.15) is 0 Å². The second kappa shape index (κ2) is 3.96. The monoisotopic (exact) mass is 154 g/mol. The van der Waals surface area contributed by atoms with Crippen LogP contribution >= 0.6 is 0 Å². The van der Waals surface area contributed by atoms with Crippen molar-refractivity contribution in [2.45, 2.75) is 20.3 Å². The van der Waals surface area contributed by atoms with Gasteiger partial charge < -0.3 is 5.11 Å². The van der Waals surface area contributed by atoms with E-state index in [2.05, 4.69) is 6.58 Å². The SMILES string of the molecule is C=CCC(C)(/C=C/C)C(=O)O. The molecule has 1 atom stereocenters. The Hall–Kier alpha value is -1.05. The lowest BCUT2D eigenvalue weighted by molar-refractivity contribution is -0.144. The molecule has 2 nitrogen and oxygen atoms in total. The van der Waals surface area contributed by atoms with Gasteiger partial charge in [-0.2, -0.15) is 0 Å². The van der Waals surface area contributed by atoms with Crippen molar-refractivity contribution in [2.24, 2.45) is 5.41 Å². The highest BCUT2D eigenvalue weighted by atomic mass is 16.4. The maximum absolute atomic E-state index is 10.7. The number of carbonyl (C=O) groups is 1. The van der Waals surface area contributed by atoms with Crippen LogP contribution in [0.2, 0.25) is 0 Å². The van der Waals surface area contributed by atoms with E-state index in [1.807, 2.05) is 6.92 Å². The summed E-state index contributed by atoms with van der Waals surface area (Å²) in [6, 6.07) is 0. The van der Waals surface area contributed by atoms with Gasteiger partial charge in [0.2, 0.25) is 0 Å². The van der Waals surface area contributed by atoms with Gasteiger partial charge in [0, 0.05) is 0 Å². The van der Waals surface area contributed by atoms with Crippen LogP contribution in [0.3, 0.4) is 0 Å². The summed E-state index contributed by atoms with van der Waals surface area (Å²) in [4.78, 5) is 10.7. The third-order valence-electron chi connectivity index (χ3n) is 1.59. The molecule has 0 amide bonds. The van der Waals surface area contributed by atoms with Gasteiger partial charge in [-0.3, -0.25) is 4.79 Å². The van der Waals surface area contributed by atoms with Crippen LogP contribution in [-0.2, 0) is 4.79 Å². The standard InChI is InChI=1S/C9H14O2/c1-4-6-9(3,7-5-2)8(10)11/h4-5,7H,1,6H2,2-3H3,(H,10,11)/b7-5+. The van der Waals surface area contributed by atoms with Crippen molar-refractivity contribution < 1.29 is 9.90 Å². The van der Waals surface area contributed by atoms with Gasteiger partial charge in [-0.1, -0.05) is 18.2 Å². The molecule has 0 bridgehead atoms. The maximum Gasteiger partial charge on any atom is 0.313 e.